The van der Waals surface area contributed by atoms with Gasteiger partial charge in [-0.3, -0.25) is 4.90 Å². The van der Waals surface area contributed by atoms with Crippen LogP contribution in [0.1, 0.15) is 17.3 Å². The van der Waals surface area contributed by atoms with Crippen LogP contribution >= 0.6 is 0 Å². The van der Waals surface area contributed by atoms with Crippen molar-refractivity contribution in [2.75, 3.05) is 38.2 Å². The van der Waals surface area contributed by atoms with Gasteiger partial charge in [0.15, 0.2) is 11.5 Å². The van der Waals surface area contributed by atoms with E-state index in [-0.39, 0.29) is 17.6 Å². The Morgan fingerprint density at radius 1 is 1.29 bits per heavy atom. The minimum atomic E-state index is -0.261. The van der Waals surface area contributed by atoms with E-state index in [1.165, 1.54) is 18.5 Å². The number of rotatable bonds is 5. The maximum atomic E-state index is 13.6. The van der Waals surface area contributed by atoms with Gasteiger partial charge in [-0.1, -0.05) is 12.1 Å². The predicted octanol–water partition coefficient (Wildman–Crippen LogP) is 1.97. The summed E-state index contributed by atoms with van der Waals surface area (Å²) in [4.78, 5) is 10.4. The Hall–Kier alpha value is -2.56. The maximum absolute atomic E-state index is 13.6. The fourth-order valence-electron chi connectivity index (χ4n) is 2.80. The standard InChI is InChI=1S/C17H18FN5O/c18-14-3-1-2-13(10-14)16(23-6-8-24-9-7-23)12-22-17-15(11-19)20-4-5-21-17/h1-5,10,16H,6-9,12H2,(H,21,22). The zero-order valence-electron chi connectivity index (χ0n) is 13.2. The minimum Gasteiger partial charge on any atom is -0.379 e. The van der Waals surface area contributed by atoms with Crippen molar-refractivity contribution in [3.63, 3.8) is 0 Å². The number of ether oxygens (including phenoxy) is 1. The van der Waals surface area contributed by atoms with Crippen LogP contribution in [0.4, 0.5) is 10.2 Å². The number of benzene rings is 1. The first kappa shape index (κ1) is 16.3. The second-order valence-electron chi connectivity index (χ2n) is 5.47. The van der Waals surface area contributed by atoms with E-state index in [0.717, 1.165) is 18.7 Å². The molecule has 1 atom stereocenters. The molecule has 0 amide bonds. The number of nitriles is 1. The molecule has 0 aliphatic carbocycles. The van der Waals surface area contributed by atoms with E-state index >= 15 is 0 Å². The lowest BCUT2D eigenvalue weighted by molar-refractivity contribution is 0.0186. The summed E-state index contributed by atoms with van der Waals surface area (Å²) < 4.78 is 19.1. The quantitative estimate of drug-likeness (QED) is 0.905. The van der Waals surface area contributed by atoms with Crippen LogP contribution in [0.3, 0.4) is 0 Å². The Balaban J connectivity index is 1.81. The van der Waals surface area contributed by atoms with Crippen molar-refractivity contribution in [2.24, 2.45) is 0 Å². The Kier molecular flexibility index (Phi) is 5.31. The molecule has 2 aromatic rings. The normalized spacial score (nSPS) is 16.3. The first-order valence-corrected chi connectivity index (χ1v) is 7.80. The molecule has 7 heteroatoms. The molecule has 0 saturated carbocycles. The zero-order chi connectivity index (χ0) is 16.8. The van der Waals surface area contributed by atoms with Crippen LogP contribution in [-0.2, 0) is 4.74 Å². The molecule has 24 heavy (non-hydrogen) atoms. The fourth-order valence-corrected chi connectivity index (χ4v) is 2.80. The minimum absolute atomic E-state index is 0.0434. The van der Waals surface area contributed by atoms with Gasteiger partial charge in [-0.25, -0.2) is 14.4 Å². The molecule has 1 fully saturated rings. The lowest BCUT2D eigenvalue weighted by atomic mass is 10.0. The van der Waals surface area contributed by atoms with Crippen molar-refractivity contribution in [3.8, 4) is 6.07 Å². The highest BCUT2D eigenvalue weighted by molar-refractivity contribution is 5.47. The summed E-state index contributed by atoms with van der Waals surface area (Å²) in [6.45, 7) is 3.35. The van der Waals surface area contributed by atoms with Crippen LogP contribution in [0.5, 0.6) is 0 Å². The molecule has 1 unspecified atom stereocenters. The molecule has 1 saturated heterocycles. The first-order valence-electron chi connectivity index (χ1n) is 7.80. The van der Waals surface area contributed by atoms with Crippen molar-refractivity contribution >= 4 is 5.82 Å². The van der Waals surface area contributed by atoms with E-state index in [1.807, 2.05) is 12.1 Å². The highest BCUT2D eigenvalue weighted by Crippen LogP contribution is 2.23. The summed E-state index contributed by atoms with van der Waals surface area (Å²) in [5, 5.41) is 12.3. The van der Waals surface area contributed by atoms with Gasteiger partial charge in [0.1, 0.15) is 11.9 Å². The summed E-state index contributed by atoms with van der Waals surface area (Å²) in [6.07, 6.45) is 3.02. The number of anilines is 1. The van der Waals surface area contributed by atoms with Gasteiger partial charge < -0.3 is 10.1 Å². The number of nitrogens with one attached hydrogen (secondary N) is 1. The topological polar surface area (TPSA) is 74.1 Å². The highest BCUT2D eigenvalue weighted by Gasteiger charge is 2.23. The molecule has 1 aromatic heterocycles. The lowest BCUT2D eigenvalue weighted by Crippen LogP contribution is -2.41. The van der Waals surface area contributed by atoms with Crippen molar-refractivity contribution < 1.29 is 9.13 Å². The third-order valence-corrected chi connectivity index (χ3v) is 3.99. The van der Waals surface area contributed by atoms with Crippen LogP contribution in [0, 0.1) is 17.1 Å². The second kappa shape index (κ2) is 7.81. The smallest absolute Gasteiger partial charge is 0.182 e. The number of halogens is 1. The molecule has 0 radical (unpaired) electrons. The van der Waals surface area contributed by atoms with E-state index in [0.29, 0.717) is 25.6 Å². The zero-order valence-corrected chi connectivity index (χ0v) is 13.2. The maximum Gasteiger partial charge on any atom is 0.182 e. The molecule has 124 valence electrons. The van der Waals surface area contributed by atoms with Gasteiger partial charge in [0.2, 0.25) is 0 Å². The number of hydrogen-bond donors (Lipinski definition) is 1. The number of nitrogens with zero attached hydrogens (tertiary/aromatic N) is 4. The van der Waals surface area contributed by atoms with Crippen LogP contribution in [0.15, 0.2) is 36.7 Å². The van der Waals surface area contributed by atoms with Gasteiger partial charge in [-0.2, -0.15) is 5.26 Å². The van der Waals surface area contributed by atoms with Gasteiger partial charge in [-0.15, -0.1) is 0 Å². The van der Waals surface area contributed by atoms with E-state index in [2.05, 4.69) is 20.2 Å². The summed E-state index contributed by atoms with van der Waals surface area (Å²) in [5.41, 5.74) is 1.13. The molecule has 2 heterocycles. The lowest BCUT2D eigenvalue weighted by Gasteiger charge is -2.35. The van der Waals surface area contributed by atoms with E-state index < -0.39 is 0 Å². The molecule has 3 rings (SSSR count). The second-order valence-corrected chi connectivity index (χ2v) is 5.47. The predicted molar refractivity (Wildman–Crippen MR) is 86.8 cm³/mol. The summed E-state index contributed by atoms with van der Waals surface area (Å²) in [6, 6.07) is 8.57. The summed E-state index contributed by atoms with van der Waals surface area (Å²) >= 11 is 0. The Bertz CT molecular complexity index is 727. The average Bonchev–Trinajstić information content (AvgIpc) is 2.63. The number of aromatic nitrogens is 2. The van der Waals surface area contributed by atoms with E-state index in [1.54, 1.807) is 12.1 Å². The van der Waals surface area contributed by atoms with Crippen molar-refractivity contribution in [1.82, 2.24) is 14.9 Å². The Labute approximate surface area is 139 Å². The molecular weight excluding hydrogens is 309 g/mol. The van der Waals surface area contributed by atoms with Gasteiger partial charge in [-0.05, 0) is 17.7 Å². The fraction of sp³-hybridized carbons (Fsp3) is 0.353. The Morgan fingerprint density at radius 2 is 2.08 bits per heavy atom. The molecule has 1 aromatic carbocycles. The largest absolute Gasteiger partial charge is 0.379 e. The van der Waals surface area contributed by atoms with Crippen LogP contribution in [0.25, 0.3) is 0 Å². The van der Waals surface area contributed by atoms with Crippen LogP contribution < -0.4 is 5.32 Å². The SMILES string of the molecule is N#Cc1nccnc1NCC(c1cccc(F)c1)N1CCOCC1. The van der Waals surface area contributed by atoms with Gasteiger partial charge in [0, 0.05) is 32.0 Å². The van der Waals surface area contributed by atoms with Crippen LogP contribution in [0.2, 0.25) is 0 Å². The van der Waals surface area contributed by atoms with Crippen molar-refractivity contribution in [2.45, 2.75) is 6.04 Å². The molecule has 0 spiro atoms. The van der Waals surface area contributed by atoms with Gasteiger partial charge in [0.25, 0.3) is 0 Å². The molecule has 1 aliphatic heterocycles. The summed E-state index contributed by atoms with van der Waals surface area (Å²) in [7, 11) is 0. The van der Waals surface area contributed by atoms with Gasteiger partial charge in [0.05, 0.1) is 19.3 Å². The first-order chi connectivity index (χ1) is 11.8. The third kappa shape index (κ3) is 3.85. The monoisotopic (exact) mass is 327 g/mol. The molecule has 1 aliphatic rings. The van der Waals surface area contributed by atoms with Crippen LogP contribution in [-0.4, -0.2) is 47.7 Å². The Morgan fingerprint density at radius 3 is 2.83 bits per heavy atom. The molecule has 1 N–H and O–H groups in total. The number of hydrogen-bond acceptors (Lipinski definition) is 6. The van der Waals surface area contributed by atoms with E-state index in [4.69, 9.17) is 10.00 Å². The third-order valence-electron chi connectivity index (χ3n) is 3.99. The molecule has 0 bridgehead atoms. The number of morpholine rings is 1. The summed E-state index contributed by atoms with van der Waals surface area (Å²) in [5.74, 6) is 0.178. The highest BCUT2D eigenvalue weighted by atomic mass is 19.1. The average molecular weight is 327 g/mol. The molecular formula is C17H18FN5O. The van der Waals surface area contributed by atoms with Crippen molar-refractivity contribution in [1.29, 1.82) is 5.26 Å². The van der Waals surface area contributed by atoms with Crippen molar-refractivity contribution in [3.05, 3.63) is 53.7 Å². The van der Waals surface area contributed by atoms with Gasteiger partial charge >= 0.3 is 0 Å². The van der Waals surface area contributed by atoms with E-state index in [9.17, 15) is 4.39 Å². The molecule has 6 nitrogen and oxygen atoms in total.